The van der Waals surface area contributed by atoms with Gasteiger partial charge in [-0.2, -0.15) is 0 Å². The first kappa shape index (κ1) is 20.0. The third-order valence-corrected chi connectivity index (χ3v) is 5.45. The summed E-state index contributed by atoms with van der Waals surface area (Å²) < 4.78 is 5.39. The van der Waals surface area contributed by atoms with E-state index in [2.05, 4.69) is 38.1 Å². The van der Waals surface area contributed by atoms with Crippen LogP contribution in [0.5, 0.6) is 0 Å². The van der Waals surface area contributed by atoms with E-state index in [0.717, 1.165) is 31.2 Å². The molecule has 3 nitrogen and oxygen atoms in total. The van der Waals surface area contributed by atoms with Crippen LogP contribution in [-0.4, -0.2) is 17.7 Å². The maximum absolute atomic E-state index is 12.1. The minimum Gasteiger partial charge on any atom is -0.465 e. The fourth-order valence-corrected chi connectivity index (χ4v) is 3.62. The Hall–Kier alpha value is -1.35. The molecule has 0 aromatic heterocycles. The number of carbonyl (C=O) groups excluding carboxylic acids is 1. The predicted octanol–water partition coefficient (Wildman–Crippen LogP) is 5.14. The van der Waals surface area contributed by atoms with Crippen molar-refractivity contribution in [3.8, 4) is 0 Å². The molecular formula is C22H34O3. The number of esters is 1. The van der Waals surface area contributed by atoms with Crippen LogP contribution in [0.4, 0.5) is 0 Å². The van der Waals surface area contributed by atoms with Gasteiger partial charge in [-0.3, -0.25) is 4.79 Å². The fraction of sp³-hybridized carbons (Fsp3) is 0.682. The smallest absolute Gasteiger partial charge is 0.308 e. The van der Waals surface area contributed by atoms with Crippen molar-refractivity contribution < 1.29 is 14.6 Å². The van der Waals surface area contributed by atoms with Crippen LogP contribution in [0.15, 0.2) is 24.3 Å². The van der Waals surface area contributed by atoms with E-state index in [1.807, 2.05) is 0 Å². The maximum Gasteiger partial charge on any atom is 0.308 e. The van der Waals surface area contributed by atoms with E-state index in [1.54, 1.807) is 0 Å². The molecule has 1 aromatic rings. The van der Waals surface area contributed by atoms with Crippen LogP contribution in [0.3, 0.4) is 0 Å². The van der Waals surface area contributed by atoms with Gasteiger partial charge in [-0.05, 0) is 56.1 Å². The molecule has 1 N–H and O–H groups in total. The van der Waals surface area contributed by atoms with Crippen LogP contribution in [0.25, 0.3) is 0 Å². The fourth-order valence-electron chi connectivity index (χ4n) is 3.62. The van der Waals surface area contributed by atoms with Gasteiger partial charge in [0.15, 0.2) is 0 Å². The number of unbranched alkanes of at least 4 members (excludes halogenated alkanes) is 3. The van der Waals surface area contributed by atoms with Crippen molar-refractivity contribution in [1.29, 1.82) is 0 Å². The summed E-state index contributed by atoms with van der Waals surface area (Å²) in [5, 5.41) is 11.0. The summed E-state index contributed by atoms with van der Waals surface area (Å²) in [4.78, 5) is 12.1. The molecule has 0 amide bonds. The van der Waals surface area contributed by atoms with Gasteiger partial charge >= 0.3 is 5.97 Å². The lowest BCUT2D eigenvalue weighted by Crippen LogP contribution is -2.34. The van der Waals surface area contributed by atoms with E-state index in [0.29, 0.717) is 32.3 Å². The average molecular weight is 347 g/mol. The Labute approximate surface area is 152 Å². The van der Waals surface area contributed by atoms with E-state index in [4.69, 9.17) is 4.74 Å². The minimum atomic E-state index is -0.789. The number of aliphatic hydroxyl groups is 1. The first-order chi connectivity index (χ1) is 12.1. The Morgan fingerprint density at radius 2 is 1.72 bits per heavy atom. The minimum absolute atomic E-state index is 0.0503. The zero-order valence-electron chi connectivity index (χ0n) is 15.9. The number of rotatable bonds is 9. The van der Waals surface area contributed by atoms with Crippen LogP contribution in [0, 0.1) is 5.92 Å². The molecule has 1 aliphatic rings. The second-order valence-corrected chi connectivity index (χ2v) is 7.48. The van der Waals surface area contributed by atoms with Crippen LogP contribution in [0.1, 0.15) is 82.8 Å². The highest BCUT2D eigenvalue weighted by Crippen LogP contribution is 2.40. The van der Waals surface area contributed by atoms with Gasteiger partial charge in [0.25, 0.3) is 0 Å². The number of carbonyl (C=O) groups is 1. The summed E-state index contributed by atoms with van der Waals surface area (Å²) in [5.41, 5.74) is 1.53. The third kappa shape index (κ3) is 5.85. The molecule has 140 valence electrons. The van der Waals surface area contributed by atoms with Gasteiger partial charge in [0.1, 0.15) is 0 Å². The molecule has 25 heavy (non-hydrogen) atoms. The molecule has 1 aromatic carbocycles. The SMILES string of the molecule is CCCCCOC(=O)C1CCC(O)(c2ccc(CCCC)cc2)CC1. The number of hydrogen-bond acceptors (Lipinski definition) is 3. The quantitative estimate of drug-likeness (QED) is 0.497. The van der Waals surface area contributed by atoms with Gasteiger partial charge in [-0.15, -0.1) is 0 Å². The van der Waals surface area contributed by atoms with E-state index >= 15 is 0 Å². The van der Waals surface area contributed by atoms with Gasteiger partial charge in [0.2, 0.25) is 0 Å². The summed E-state index contributed by atoms with van der Waals surface area (Å²) in [7, 11) is 0. The highest BCUT2D eigenvalue weighted by Gasteiger charge is 2.37. The van der Waals surface area contributed by atoms with E-state index in [9.17, 15) is 9.90 Å². The molecule has 0 saturated heterocycles. The van der Waals surface area contributed by atoms with E-state index in [1.165, 1.54) is 18.4 Å². The summed E-state index contributed by atoms with van der Waals surface area (Å²) in [6, 6.07) is 8.40. The van der Waals surface area contributed by atoms with Crippen molar-refractivity contribution in [2.75, 3.05) is 6.61 Å². The van der Waals surface area contributed by atoms with Crippen molar-refractivity contribution in [2.45, 2.75) is 83.7 Å². The molecule has 3 heteroatoms. The Bertz CT molecular complexity index is 513. The Morgan fingerprint density at radius 1 is 1.08 bits per heavy atom. The number of aryl methyl sites for hydroxylation is 1. The van der Waals surface area contributed by atoms with Gasteiger partial charge in [0.05, 0.1) is 18.1 Å². The van der Waals surface area contributed by atoms with Crippen LogP contribution < -0.4 is 0 Å². The lowest BCUT2D eigenvalue weighted by molar-refractivity contribution is -0.152. The summed E-state index contributed by atoms with van der Waals surface area (Å²) in [5.74, 6) is -0.126. The molecular weight excluding hydrogens is 312 g/mol. The van der Waals surface area contributed by atoms with E-state index < -0.39 is 5.60 Å². The van der Waals surface area contributed by atoms with Crippen molar-refractivity contribution >= 4 is 5.97 Å². The molecule has 0 spiro atoms. The highest BCUT2D eigenvalue weighted by molar-refractivity contribution is 5.72. The van der Waals surface area contributed by atoms with Crippen molar-refractivity contribution in [3.05, 3.63) is 35.4 Å². The Morgan fingerprint density at radius 3 is 2.32 bits per heavy atom. The number of hydrogen-bond donors (Lipinski definition) is 1. The van der Waals surface area contributed by atoms with Gasteiger partial charge in [0, 0.05) is 0 Å². The topological polar surface area (TPSA) is 46.5 Å². The molecule has 0 unspecified atom stereocenters. The van der Waals surface area contributed by atoms with Crippen LogP contribution in [0.2, 0.25) is 0 Å². The summed E-state index contributed by atoms with van der Waals surface area (Å²) in [6.07, 6.45) is 9.36. The third-order valence-electron chi connectivity index (χ3n) is 5.45. The largest absolute Gasteiger partial charge is 0.465 e. The van der Waals surface area contributed by atoms with E-state index in [-0.39, 0.29) is 11.9 Å². The maximum atomic E-state index is 12.1. The van der Waals surface area contributed by atoms with Crippen molar-refractivity contribution in [1.82, 2.24) is 0 Å². The van der Waals surface area contributed by atoms with Crippen LogP contribution in [-0.2, 0) is 21.6 Å². The molecule has 1 saturated carbocycles. The highest BCUT2D eigenvalue weighted by atomic mass is 16.5. The van der Waals surface area contributed by atoms with Gasteiger partial charge < -0.3 is 9.84 Å². The van der Waals surface area contributed by atoms with Crippen molar-refractivity contribution in [2.24, 2.45) is 5.92 Å². The zero-order valence-corrected chi connectivity index (χ0v) is 15.9. The second-order valence-electron chi connectivity index (χ2n) is 7.48. The predicted molar refractivity (Wildman–Crippen MR) is 101 cm³/mol. The summed E-state index contributed by atoms with van der Waals surface area (Å²) in [6.45, 7) is 4.87. The monoisotopic (exact) mass is 346 g/mol. The Balaban J connectivity index is 1.83. The molecule has 2 rings (SSSR count). The number of ether oxygens (including phenoxy) is 1. The first-order valence-electron chi connectivity index (χ1n) is 10.1. The zero-order chi connectivity index (χ0) is 18.1. The second kappa shape index (κ2) is 9.96. The average Bonchev–Trinajstić information content (AvgIpc) is 2.64. The molecule has 0 heterocycles. The molecule has 0 bridgehead atoms. The lowest BCUT2D eigenvalue weighted by Gasteiger charge is -2.35. The number of benzene rings is 1. The molecule has 0 aliphatic heterocycles. The van der Waals surface area contributed by atoms with Gasteiger partial charge in [-0.25, -0.2) is 0 Å². The molecule has 1 aliphatic carbocycles. The normalized spacial score (nSPS) is 23.4. The summed E-state index contributed by atoms with van der Waals surface area (Å²) >= 11 is 0. The Kier molecular flexibility index (Phi) is 7.95. The lowest BCUT2D eigenvalue weighted by atomic mass is 9.75. The van der Waals surface area contributed by atoms with Crippen LogP contribution >= 0.6 is 0 Å². The van der Waals surface area contributed by atoms with Gasteiger partial charge in [-0.1, -0.05) is 57.4 Å². The molecule has 0 radical (unpaired) electrons. The standard InChI is InChI=1S/C22H34O3/c1-3-5-7-17-25-21(23)19-13-15-22(24,16-14-19)20-11-9-18(10-12-20)8-6-4-2/h9-12,19,24H,3-8,13-17H2,1-2H3. The van der Waals surface area contributed by atoms with Crippen molar-refractivity contribution in [3.63, 3.8) is 0 Å². The molecule has 0 atom stereocenters. The molecule has 1 fully saturated rings. The first-order valence-corrected chi connectivity index (χ1v) is 10.1.